The van der Waals surface area contributed by atoms with Gasteiger partial charge in [0, 0.05) is 18.4 Å². The molecule has 0 atom stereocenters. The van der Waals surface area contributed by atoms with E-state index in [1.807, 2.05) is 12.3 Å². The molecule has 0 aliphatic heterocycles. The first-order valence-electron chi connectivity index (χ1n) is 6.42. The molecule has 4 heteroatoms. The number of aromatic amines is 1. The van der Waals surface area contributed by atoms with Gasteiger partial charge < -0.3 is 9.88 Å². The molecular weight excluding hydrogens is 236 g/mol. The van der Waals surface area contributed by atoms with E-state index in [4.69, 9.17) is 0 Å². The number of hydrogen-bond acceptors (Lipinski definition) is 3. The fraction of sp³-hybridized carbons (Fsp3) is 0.200. The van der Waals surface area contributed by atoms with Crippen molar-refractivity contribution in [2.75, 3.05) is 11.4 Å². The number of aromatic nitrogens is 3. The zero-order valence-electron chi connectivity index (χ0n) is 11.1. The van der Waals surface area contributed by atoms with Crippen molar-refractivity contribution >= 4 is 22.5 Å². The molecule has 0 bridgehead atoms. The SMILES string of the molecule is CCN(c1cccc(C)c1)c1ncnc2[nH]ccc12. The van der Waals surface area contributed by atoms with Crippen molar-refractivity contribution in [3.8, 4) is 0 Å². The smallest absolute Gasteiger partial charge is 0.145 e. The maximum atomic E-state index is 4.45. The van der Waals surface area contributed by atoms with E-state index in [1.165, 1.54) is 5.56 Å². The molecule has 2 heterocycles. The van der Waals surface area contributed by atoms with Crippen LogP contribution in [-0.2, 0) is 0 Å². The molecule has 4 nitrogen and oxygen atoms in total. The second-order valence-electron chi connectivity index (χ2n) is 4.52. The summed E-state index contributed by atoms with van der Waals surface area (Å²) in [5.74, 6) is 0.944. The van der Waals surface area contributed by atoms with Crippen molar-refractivity contribution in [2.45, 2.75) is 13.8 Å². The molecule has 3 aromatic rings. The summed E-state index contributed by atoms with van der Waals surface area (Å²) in [6.07, 6.45) is 3.50. The van der Waals surface area contributed by atoms with Crippen LogP contribution in [0.3, 0.4) is 0 Å². The summed E-state index contributed by atoms with van der Waals surface area (Å²) in [4.78, 5) is 14.0. The van der Waals surface area contributed by atoms with Crippen molar-refractivity contribution < 1.29 is 0 Å². The van der Waals surface area contributed by atoms with Gasteiger partial charge in [-0.25, -0.2) is 9.97 Å². The van der Waals surface area contributed by atoms with E-state index in [2.05, 4.69) is 58.0 Å². The lowest BCUT2D eigenvalue weighted by molar-refractivity contribution is 0.988. The summed E-state index contributed by atoms with van der Waals surface area (Å²) in [6.45, 7) is 5.09. The summed E-state index contributed by atoms with van der Waals surface area (Å²) in [5.41, 5.74) is 3.27. The first kappa shape index (κ1) is 11.7. The predicted octanol–water partition coefficient (Wildman–Crippen LogP) is 3.42. The number of rotatable bonds is 3. The van der Waals surface area contributed by atoms with Crippen molar-refractivity contribution in [3.05, 3.63) is 48.4 Å². The Labute approximate surface area is 112 Å². The largest absolute Gasteiger partial charge is 0.346 e. The Balaban J connectivity index is 2.14. The van der Waals surface area contributed by atoms with Gasteiger partial charge in [-0.05, 0) is 37.6 Å². The van der Waals surface area contributed by atoms with Gasteiger partial charge in [-0.1, -0.05) is 12.1 Å². The molecule has 96 valence electrons. The minimum absolute atomic E-state index is 0.862. The molecule has 0 aliphatic carbocycles. The molecule has 0 fully saturated rings. The monoisotopic (exact) mass is 252 g/mol. The molecule has 3 rings (SSSR count). The van der Waals surface area contributed by atoms with Crippen LogP contribution in [0.15, 0.2) is 42.9 Å². The second kappa shape index (κ2) is 4.72. The highest BCUT2D eigenvalue weighted by atomic mass is 15.2. The Morgan fingerprint density at radius 2 is 2.11 bits per heavy atom. The number of anilines is 2. The van der Waals surface area contributed by atoms with Crippen LogP contribution < -0.4 is 4.90 Å². The minimum Gasteiger partial charge on any atom is -0.346 e. The fourth-order valence-corrected chi connectivity index (χ4v) is 2.32. The number of hydrogen-bond donors (Lipinski definition) is 1. The van der Waals surface area contributed by atoms with Gasteiger partial charge in [0.05, 0.1) is 5.39 Å². The van der Waals surface area contributed by atoms with Crippen molar-refractivity contribution in [2.24, 2.45) is 0 Å². The lowest BCUT2D eigenvalue weighted by Crippen LogP contribution is -2.17. The third-order valence-electron chi connectivity index (χ3n) is 3.22. The van der Waals surface area contributed by atoms with Gasteiger partial charge in [0.25, 0.3) is 0 Å². The second-order valence-corrected chi connectivity index (χ2v) is 4.52. The number of benzene rings is 1. The van der Waals surface area contributed by atoms with E-state index in [0.29, 0.717) is 0 Å². The van der Waals surface area contributed by atoms with Crippen LogP contribution in [0.5, 0.6) is 0 Å². The molecule has 1 aromatic carbocycles. The van der Waals surface area contributed by atoms with Crippen LogP contribution in [0.1, 0.15) is 12.5 Å². The zero-order chi connectivity index (χ0) is 13.2. The standard InChI is InChI=1S/C15H16N4/c1-3-19(12-6-4-5-11(2)9-12)15-13-7-8-16-14(13)17-10-18-15/h4-10H,3H2,1-2H3,(H,16,17,18). The van der Waals surface area contributed by atoms with Crippen LogP contribution in [-0.4, -0.2) is 21.5 Å². The average Bonchev–Trinajstić information content (AvgIpc) is 2.89. The van der Waals surface area contributed by atoms with E-state index >= 15 is 0 Å². The Bertz CT molecular complexity index is 702. The van der Waals surface area contributed by atoms with Crippen LogP contribution in [0.25, 0.3) is 11.0 Å². The molecule has 2 aromatic heterocycles. The Hall–Kier alpha value is -2.36. The average molecular weight is 252 g/mol. The Morgan fingerprint density at radius 3 is 2.89 bits per heavy atom. The summed E-state index contributed by atoms with van der Waals surface area (Å²) >= 11 is 0. The zero-order valence-corrected chi connectivity index (χ0v) is 11.1. The van der Waals surface area contributed by atoms with E-state index < -0.39 is 0 Å². The van der Waals surface area contributed by atoms with Gasteiger partial charge in [0.1, 0.15) is 17.8 Å². The molecule has 0 aliphatic rings. The number of H-pyrrole nitrogens is 1. The lowest BCUT2D eigenvalue weighted by Gasteiger charge is -2.22. The van der Waals surface area contributed by atoms with Gasteiger partial charge in [-0.15, -0.1) is 0 Å². The fourth-order valence-electron chi connectivity index (χ4n) is 2.32. The summed E-state index contributed by atoms with van der Waals surface area (Å²) in [7, 11) is 0. The Kier molecular flexibility index (Phi) is 2.91. The molecule has 0 radical (unpaired) electrons. The van der Waals surface area contributed by atoms with Crippen LogP contribution in [0.2, 0.25) is 0 Å². The van der Waals surface area contributed by atoms with Crippen molar-refractivity contribution in [1.82, 2.24) is 15.0 Å². The van der Waals surface area contributed by atoms with Gasteiger partial charge >= 0.3 is 0 Å². The normalized spacial score (nSPS) is 10.8. The summed E-state index contributed by atoms with van der Waals surface area (Å²) < 4.78 is 0. The van der Waals surface area contributed by atoms with Gasteiger partial charge in [0.15, 0.2) is 0 Å². The molecule has 19 heavy (non-hydrogen) atoms. The summed E-state index contributed by atoms with van der Waals surface area (Å²) in [6, 6.07) is 10.5. The van der Waals surface area contributed by atoms with Crippen LogP contribution >= 0.6 is 0 Å². The molecule has 0 spiro atoms. The van der Waals surface area contributed by atoms with Gasteiger partial charge in [-0.2, -0.15) is 0 Å². The maximum Gasteiger partial charge on any atom is 0.145 e. The number of aryl methyl sites for hydroxylation is 1. The van der Waals surface area contributed by atoms with E-state index in [1.54, 1.807) is 6.33 Å². The quantitative estimate of drug-likeness (QED) is 0.776. The number of nitrogens with one attached hydrogen (secondary N) is 1. The topological polar surface area (TPSA) is 44.8 Å². The van der Waals surface area contributed by atoms with E-state index in [-0.39, 0.29) is 0 Å². The molecule has 1 N–H and O–H groups in total. The van der Waals surface area contributed by atoms with E-state index in [9.17, 15) is 0 Å². The van der Waals surface area contributed by atoms with Crippen LogP contribution in [0, 0.1) is 6.92 Å². The number of nitrogens with zero attached hydrogens (tertiary/aromatic N) is 3. The number of fused-ring (bicyclic) bond motifs is 1. The Morgan fingerprint density at radius 1 is 1.21 bits per heavy atom. The molecule has 0 unspecified atom stereocenters. The van der Waals surface area contributed by atoms with Gasteiger partial charge in [-0.3, -0.25) is 0 Å². The lowest BCUT2D eigenvalue weighted by atomic mass is 10.2. The minimum atomic E-state index is 0.862. The molecular formula is C15H16N4. The van der Waals surface area contributed by atoms with Crippen molar-refractivity contribution in [1.29, 1.82) is 0 Å². The first-order valence-corrected chi connectivity index (χ1v) is 6.42. The molecule has 0 amide bonds. The van der Waals surface area contributed by atoms with Gasteiger partial charge in [0.2, 0.25) is 0 Å². The highest BCUT2D eigenvalue weighted by Gasteiger charge is 2.13. The van der Waals surface area contributed by atoms with E-state index in [0.717, 1.165) is 29.1 Å². The third-order valence-corrected chi connectivity index (χ3v) is 3.22. The first-order chi connectivity index (χ1) is 9.29. The molecule has 0 saturated heterocycles. The highest BCUT2D eigenvalue weighted by molar-refractivity contribution is 5.89. The van der Waals surface area contributed by atoms with Crippen molar-refractivity contribution in [3.63, 3.8) is 0 Å². The highest BCUT2D eigenvalue weighted by Crippen LogP contribution is 2.29. The maximum absolute atomic E-state index is 4.45. The van der Waals surface area contributed by atoms with Crippen LogP contribution in [0.4, 0.5) is 11.5 Å². The molecule has 0 saturated carbocycles. The predicted molar refractivity (Wildman–Crippen MR) is 77.7 cm³/mol. The summed E-state index contributed by atoms with van der Waals surface area (Å²) in [5, 5.41) is 1.05. The third kappa shape index (κ3) is 2.05.